The lowest BCUT2D eigenvalue weighted by Gasteiger charge is -2.19. The van der Waals surface area contributed by atoms with Gasteiger partial charge in [-0.2, -0.15) is 13.2 Å². The molecule has 76 valence electrons. The van der Waals surface area contributed by atoms with E-state index in [-0.39, 0.29) is 6.61 Å². The minimum Gasteiger partial charge on any atom is -0.447 e. The molecule has 0 aromatic heterocycles. The summed E-state index contributed by atoms with van der Waals surface area (Å²) in [6.07, 6.45) is -5.63. The van der Waals surface area contributed by atoms with Gasteiger partial charge < -0.3 is 4.74 Å². The summed E-state index contributed by atoms with van der Waals surface area (Å²) in [6, 6.07) is -1.10. The Labute approximate surface area is 71.3 Å². The fourth-order valence-electron chi connectivity index (χ4n) is 1.00. The highest BCUT2D eigenvalue weighted by atomic mass is 19.4. The van der Waals surface area contributed by atoms with Crippen molar-refractivity contribution < 1.29 is 27.1 Å². The highest BCUT2D eigenvalue weighted by molar-refractivity contribution is 5.70. The fraction of sp³-hybridized carbons (Fsp3) is 0.833. The molecule has 0 saturated carbocycles. The zero-order chi connectivity index (χ0) is 10.1. The van der Waals surface area contributed by atoms with Gasteiger partial charge in [0.15, 0.2) is 0 Å². The van der Waals surface area contributed by atoms with Crippen LogP contribution in [-0.4, -0.2) is 43.0 Å². The Bertz CT molecular complexity index is 205. The van der Waals surface area contributed by atoms with Gasteiger partial charge in [0.25, 0.3) is 0 Å². The van der Waals surface area contributed by atoms with Crippen molar-refractivity contribution in [3.8, 4) is 0 Å². The molecule has 7 heteroatoms. The summed E-state index contributed by atoms with van der Waals surface area (Å²) >= 11 is 0. The molecule has 13 heavy (non-hydrogen) atoms. The third-order valence-corrected chi connectivity index (χ3v) is 1.60. The zero-order valence-electron chi connectivity index (χ0n) is 6.47. The van der Waals surface area contributed by atoms with Gasteiger partial charge in [0.1, 0.15) is 19.8 Å². The summed E-state index contributed by atoms with van der Waals surface area (Å²) in [7, 11) is 0. The number of hydrogen-bond donors (Lipinski definition) is 0. The third kappa shape index (κ3) is 2.46. The van der Waals surface area contributed by atoms with Crippen LogP contribution in [0.3, 0.4) is 0 Å². The topological polar surface area (TPSA) is 29.5 Å². The maximum absolute atomic E-state index is 12.1. The van der Waals surface area contributed by atoms with Crippen molar-refractivity contribution in [2.24, 2.45) is 0 Å². The molecule has 0 bridgehead atoms. The van der Waals surface area contributed by atoms with Gasteiger partial charge >= 0.3 is 12.3 Å². The smallest absolute Gasteiger partial charge is 0.410 e. The van der Waals surface area contributed by atoms with Crippen molar-refractivity contribution in [1.82, 2.24) is 4.90 Å². The molecule has 1 aliphatic rings. The molecule has 1 aliphatic heterocycles. The summed E-state index contributed by atoms with van der Waals surface area (Å²) < 4.78 is 51.8. The number of halogens is 4. The van der Waals surface area contributed by atoms with Crippen LogP contribution in [0.4, 0.5) is 22.4 Å². The number of nitrogens with zero attached hydrogens (tertiary/aromatic N) is 1. The number of cyclic esters (lactones) is 1. The molecule has 0 radical (unpaired) electrons. The Balaban J connectivity index is 2.60. The second-order valence-electron chi connectivity index (χ2n) is 2.63. The average Bonchev–Trinajstić information content (AvgIpc) is 2.30. The van der Waals surface area contributed by atoms with E-state index in [1.807, 2.05) is 0 Å². The molecule has 1 fully saturated rings. The van der Waals surface area contributed by atoms with E-state index in [4.69, 9.17) is 0 Å². The minimum atomic E-state index is -4.52. The second kappa shape index (κ2) is 3.39. The van der Waals surface area contributed by atoms with E-state index in [0.29, 0.717) is 4.90 Å². The summed E-state index contributed by atoms with van der Waals surface area (Å²) in [6.45, 7) is -2.80. The molecule has 1 heterocycles. The average molecular weight is 201 g/mol. The number of carbonyl (C=O) groups is 1. The van der Waals surface area contributed by atoms with Gasteiger partial charge in [-0.25, -0.2) is 9.18 Å². The monoisotopic (exact) mass is 201 g/mol. The van der Waals surface area contributed by atoms with Crippen LogP contribution in [0.2, 0.25) is 0 Å². The van der Waals surface area contributed by atoms with Gasteiger partial charge in [-0.15, -0.1) is 0 Å². The molecular weight excluding hydrogens is 194 g/mol. The number of alkyl halides is 4. The Kier molecular flexibility index (Phi) is 2.63. The third-order valence-electron chi connectivity index (χ3n) is 1.60. The first-order valence-corrected chi connectivity index (χ1v) is 3.50. The highest BCUT2D eigenvalue weighted by Gasteiger charge is 2.41. The number of amides is 1. The van der Waals surface area contributed by atoms with E-state index in [0.717, 1.165) is 0 Å². The van der Waals surface area contributed by atoms with E-state index >= 15 is 0 Å². The van der Waals surface area contributed by atoms with E-state index < -0.39 is 31.5 Å². The summed E-state index contributed by atoms with van der Waals surface area (Å²) in [4.78, 5) is 11.0. The van der Waals surface area contributed by atoms with E-state index in [1.54, 1.807) is 0 Å². The Morgan fingerprint density at radius 1 is 1.54 bits per heavy atom. The number of carbonyl (C=O) groups excluding carboxylic acids is 1. The minimum absolute atomic E-state index is 0.314. The first-order chi connectivity index (χ1) is 5.94. The molecule has 1 saturated heterocycles. The van der Waals surface area contributed by atoms with Gasteiger partial charge in [0, 0.05) is 0 Å². The lowest BCUT2D eigenvalue weighted by atomic mass is 10.3. The van der Waals surface area contributed by atoms with Gasteiger partial charge in [0.2, 0.25) is 0 Å². The van der Waals surface area contributed by atoms with Crippen molar-refractivity contribution >= 4 is 6.09 Å². The molecule has 1 amide bonds. The van der Waals surface area contributed by atoms with Gasteiger partial charge in [-0.05, 0) is 0 Å². The van der Waals surface area contributed by atoms with Crippen LogP contribution in [-0.2, 0) is 4.74 Å². The van der Waals surface area contributed by atoms with Crippen molar-refractivity contribution in [2.75, 3.05) is 19.8 Å². The van der Waals surface area contributed by atoms with Crippen molar-refractivity contribution in [2.45, 2.75) is 12.2 Å². The van der Waals surface area contributed by atoms with Crippen LogP contribution in [0, 0.1) is 0 Å². The maximum atomic E-state index is 12.1. The highest BCUT2D eigenvalue weighted by Crippen LogP contribution is 2.21. The van der Waals surface area contributed by atoms with E-state index in [2.05, 4.69) is 4.74 Å². The maximum Gasteiger partial charge on any atom is 0.410 e. The van der Waals surface area contributed by atoms with Gasteiger partial charge in [-0.3, -0.25) is 4.90 Å². The molecular formula is C6H7F4NO2. The quantitative estimate of drug-likeness (QED) is 0.631. The molecule has 1 atom stereocenters. The summed E-state index contributed by atoms with van der Waals surface area (Å²) in [5, 5.41) is 0. The molecule has 3 nitrogen and oxygen atoms in total. The predicted octanol–water partition coefficient (Wildman–Crippen LogP) is 1.34. The standard InChI is InChI=1S/C6H7F4NO2/c7-1-4-2-13-5(12)11(4)3-6(8,9)10/h4H,1-3H2. The predicted molar refractivity (Wildman–Crippen MR) is 33.9 cm³/mol. The van der Waals surface area contributed by atoms with E-state index in [1.165, 1.54) is 0 Å². The van der Waals surface area contributed by atoms with Crippen molar-refractivity contribution in [1.29, 1.82) is 0 Å². The number of ether oxygens (including phenoxy) is 1. The summed E-state index contributed by atoms with van der Waals surface area (Å²) in [5.74, 6) is 0. The number of hydrogen-bond acceptors (Lipinski definition) is 2. The van der Waals surface area contributed by atoms with Crippen LogP contribution in [0.1, 0.15) is 0 Å². The molecule has 0 aromatic rings. The van der Waals surface area contributed by atoms with Crippen LogP contribution in [0.25, 0.3) is 0 Å². The van der Waals surface area contributed by atoms with Crippen LogP contribution in [0.5, 0.6) is 0 Å². The SMILES string of the molecule is O=C1OCC(CF)N1CC(F)(F)F. The summed E-state index contributed by atoms with van der Waals surface area (Å²) in [5.41, 5.74) is 0. The molecule has 0 aliphatic carbocycles. The van der Waals surface area contributed by atoms with Crippen molar-refractivity contribution in [3.63, 3.8) is 0 Å². The van der Waals surface area contributed by atoms with Gasteiger partial charge in [-0.1, -0.05) is 0 Å². The Hall–Kier alpha value is -1.01. The van der Waals surface area contributed by atoms with E-state index in [9.17, 15) is 22.4 Å². The first kappa shape index (κ1) is 10.1. The Morgan fingerprint density at radius 3 is 2.62 bits per heavy atom. The normalized spacial score (nSPS) is 23.5. The lowest BCUT2D eigenvalue weighted by molar-refractivity contribution is -0.142. The van der Waals surface area contributed by atoms with Crippen molar-refractivity contribution in [3.05, 3.63) is 0 Å². The number of rotatable bonds is 2. The van der Waals surface area contributed by atoms with Crippen LogP contribution >= 0.6 is 0 Å². The molecule has 0 aromatic carbocycles. The lowest BCUT2D eigenvalue weighted by Crippen LogP contribution is -2.41. The first-order valence-electron chi connectivity index (χ1n) is 3.50. The molecule has 1 unspecified atom stereocenters. The van der Waals surface area contributed by atoms with Crippen LogP contribution in [0.15, 0.2) is 0 Å². The molecule has 1 rings (SSSR count). The van der Waals surface area contributed by atoms with Gasteiger partial charge in [0.05, 0.1) is 6.04 Å². The molecule has 0 N–H and O–H groups in total. The fourth-order valence-corrected chi connectivity index (χ4v) is 1.00. The van der Waals surface area contributed by atoms with Crippen LogP contribution < -0.4 is 0 Å². The second-order valence-corrected chi connectivity index (χ2v) is 2.63. The zero-order valence-corrected chi connectivity index (χ0v) is 6.47. The largest absolute Gasteiger partial charge is 0.447 e. The Morgan fingerprint density at radius 2 is 2.15 bits per heavy atom. The molecule has 0 spiro atoms.